The van der Waals surface area contributed by atoms with Crippen LogP contribution in [0.5, 0.6) is 0 Å². The number of hydrogen-bond acceptors (Lipinski definition) is 7. The van der Waals surface area contributed by atoms with Gasteiger partial charge in [0.15, 0.2) is 13.9 Å². The second-order valence-corrected chi connectivity index (χ2v) is 20.1. The van der Waals surface area contributed by atoms with Gasteiger partial charge in [0.2, 0.25) is 11.7 Å². The molecule has 0 radical (unpaired) electrons. The number of alkyl halides is 1. The van der Waals surface area contributed by atoms with E-state index in [-0.39, 0.29) is 36.5 Å². The van der Waals surface area contributed by atoms with Crippen LogP contribution < -0.4 is 21.3 Å². The summed E-state index contributed by atoms with van der Waals surface area (Å²) in [5.74, 6) is -2.59. The van der Waals surface area contributed by atoms with E-state index in [1.807, 2.05) is 57.2 Å². The summed E-state index contributed by atoms with van der Waals surface area (Å²) >= 11 is 1.92. The van der Waals surface area contributed by atoms with Gasteiger partial charge in [0.05, 0.1) is 22.1 Å². The maximum Gasteiger partial charge on any atom is 0.315 e. The molecule has 0 aromatic carbocycles. The third-order valence-electron chi connectivity index (χ3n) is 10.6. The molecular weight excluding hydrogens is 785 g/mol. The van der Waals surface area contributed by atoms with E-state index in [4.69, 9.17) is 0 Å². The molecule has 2 rings (SSSR count). The quantitative estimate of drug-likeness (QED) is 0.0619. The van der Waals surface area contributed by atoms with Crippen LogP contribution in [0.4, 0.5) is 4.79 Å². The number of nitrogens with one attached hydrogen (secondary N) is 4. The van der Waals surface area contributed by atoms with Gasteiger partial charge in [-0.1, -0.05) is 79.6 Å². The third-order valence-corrected chi connectivity index (χ3v) is 14.7. The molecule has 4 N–H and O–H groups in total. The van der Waals surface area contributed by atoms with Gasteiger partial charge in [-0.05, 0) is 99.6 Å². The van der Waals surface area contributed by atoms with E-state index in [0.717, 1.165) is 51.4 Å². The first-order chi connectivity index (χ1) is 23.8. The molecule has 2 aliphatic rings. The molecule has 0 heterocycles. The maximum atomic E-state index is 14.8. The highest BCUT2D eigenvalue weighted by Crippen LogP contribution is 2.33. The molecule has 0 saturated heterocycles. The zero-order valence-corrected chi connectivity index (χ0v) is 35.3. The number of carbonyl (C=O) groups is 5. The minimum Gasteiger partial charge on any atom is -0.349 e. The number of amides is 5. The number of sulfone groups is 1. The Hall–Kier alpha value is -1.97. The second kappa shape index (κ2) is 20.5. The topological polar surface area (TPSA) is 171 Å². The van der Waals surface area contributed by atoms with Crippen molar-refractivity contribution >= 4 is 62.0 Å². The average molecular weight is 852 g/mol. The maximum absolute atomic E-state index is 14.8. The minimum absolute atomic E-state index is 0.000790. The molecule has 5 amide bonds. The summed E-state index contributed by atoms with van der Waals surface area (Å²) in [6, 6.07) is -2.56. The fraction of sp³-hybridized carbons (Fsp3) is 0.865. The SMILES string of the molecule is CCCNC(=O)C(=O)C(CCC)NC(=O)[C@H](I)N(C[C@@H](C)C(C)C)C(=O)[C@@H](NC(=O)NC1(CS(=O)(=O)C(C)(C)C)CCCCC1)C1CCCCC1. The van der Waals surface area contributed by atoms with Crippen LogP contribution in [0.15, 0.2) is 0 Å². The average Bonchev–Trinajstić information content (AvgIpc) is 3.07. The Morgan fingerprint density at radius 3 is 2.00 bits per heavy atom. The van der Waals surface area contributed by atoms with Crippen LogP contribution >= 0.6 is 22.6 Å². The molecule has 0 aromatic heterocycles. The Morgan fingerprint density at radius 1 is 0.882 bits per heavy atom. The van der Waals surface area contributed by atoms with Crippen molar-refractivity contribution in [1.82, 2.24) is 26.2 Å². The monoisotopic (exact) mass is 851 g/mol. The lowest BCUT2D eigenvalue weighted by Crippen LogP contribution is -2.63. The van der Waals surface area contributed by atoms with E-state index >= 15 is 0 Å². The van der Waals surface area contributed by atoms with Gasteiger partial charge in [-0.25, -0.2) is 13.2 Å². The molecule has 0 aromatic rings. The van der Waals surface area contributed by atoms with Gasteiger partial charge in [0, 0.05) is 13.1 Å². The largest absolute Gasteiger partial charge is 0.349 e. The van der Waals surface area contributed by atoms with E-state index in [2.05, 4.69) is 21.3 Å². The van der Waals surface area contributed by atoms with E-state index < -0.39 is 65.8 Å². The number of hydrogen-bond donors (Lipinski definition) is 4. The Balaban J connectivity index is 2.44. The number of urea groups is 1. The zero-order valence-electron chi connectivity index (χ0n) is 32.4. The van der Waals surface area contributed by atoms with Crippen molar-refractivity contribution in [2.75, 3.05) is 18.8 Å². The van der Waals surface area contributed by atoms with E-state index in [9.17, 15) is 32.4 Å². The van der Waals surface area contributed by atoms with Crippen LogP contribution in [0, 0.1) is 17.8 Å². The third kappa shape index (κ3) is 13.4. The van der Waals surface area contributed by atoms with E-state index in [0.29, 0.717) is 32.2 Å². The van der Waals surface area contributed by atoms with Crippen LogP contribution in [0.2, 0.25) is 0 Å². The van der Waals surface area contributed by atoms with Gasteiger partial charge in [0.1, 0.15) is 6.04 Å². The summed E-state index contributed by atoms with van der Waals surface area (Å²) in [6.45, 7) is 15.4. The van der Waals surface area contributed by atoms with Gasteiger partial charge in [0.25, 0.3) is 11.8 Å². The number of nitrogens with zero attached hydrogens (tertiary/aromatic N) is 1. The first kappa shape index (κ1) is 45.2. The van der Waals surface area contributed by atoms with Gasteiger partial charge in [-0.15, -0.1) is 0 Å². The van der Waals surface area contributed by atoms with Crippen molar-refractivity contribution < 1.29 is 32.4 Å². The number of halogens is 1. The van der Waals surface area contributed by atoms with E-state index in [1.54, 1.807) is 20.8 Å². The van der Waals surface area contributed by atoms with Crippen molar-refractivity contribution in [2.45, 2.75) is 165 Å². The fourth-order valence-electron chi connectivity index (χ4n) is 6.80. The van der Waals surface area contributed by atoms with Crippen molar-refractivity contribution in [2.24, 2.45) is 17.8 Å². The molecule has 1 unspecified atom stereocenters. The zero-order chi connectivity index (χ0) is 38.6. The molecule has 4 atom stereocenters. The summed E-state index contributed by atoms with van der Waals surface area (Å²) in [5.41, 5.74) is -0.948. The standard InChI is InChI=1S/C37H66IN5O7S/c1-9-17-28(30(44)32(45)39-22-10-2)40-33(46)31(38)43(23-26(5)25(3)4)34(47)29(27-18-13-11-14-19-27)41-35(48)42-37(20-15-12-16-21-37)24-51(49,50)36(6,7)8/h25-29,31H,9-24H2,1-8H3,(H,39,45)(H,40,46)(H2,41,42,48)/t26-,28?,29+,31-/m1/s1. The number of carbonyl (C=O) groups excluding carboxylic acids is 5. The van der Waals surface area contributed by atoms with Crippen molar-refractivity contribution in [3.8, 4) is 0 Å². The molecule has 2 fully saturated rings. The Morgan fingerprint density at radius 2 is 1.47 bits per heavy atom. The summed E-state index contributed by atoms with van der Waals surface area (Å²) in [7, 11) is -3.57. The molecule has 51 heavy (non-hydrogen) atoms. The Labute approximate surface area is 321 Å². The predicted octanol–water partition coefficient (Wildman–Crippen LogP) is 5.41. The highest BCUT2D eigenvalue weighted by molar-refractivity contribution is 14.1. The summed E-state index contributed by atoms with van der Waals surface area (Å²) in [4.78, 5) is 69.6. The van der Waals surface area contributed by atoms with Gasteiger partial charge in [-0.2, -0.15) is 0 Å². The lowest BCUT2D eigenvalue weighted by Gasteiger charge is -2.41. The summed E-state index contributed by atoms with van der Waals surface area (Å²) in [6.07, 6.45) is 9.38. The highest BCUT2D eigenvalue weighted by Gasteiger charge is 2.44. The molecule has 2 saturated carbocycles. The highest BCUT2D eigenvalue weighted by atomic mass is 127. The molecular formula is C37H66IN5O7S. The minimum atomic E-state index is -3.57. The van der Waals surface area contributed by atoms with Crippen molar-refractivity contribution in [3.63, 3.8) is 0 Å². The smallest absolute Gasteiger partial charge is 0.315 e. The number of rotatable bonds is 18. The summed E-state index contributed by atoms with van der Waals surface area (Å²) < 4.78 is 24.8. The molecule has 12 nitrogen and oxygen atoms in total. The van der Waals surface area contributed by atoms with Crippen LogP contribution in [0.3, 0.4) is 0 Å². The van der Waals surface area contributed by atoms with E-state index in [1.165, 1.54) is 4.90 Å². The molecule has 294 valence electrons. The fourth-order valence-corrected chi connectivity index (χ4v) is 9.00. The lowest BCUT2D eigenvalue weighted by atomic mass is 9.82. The molecule has 0 aliphatic heterocycles. The number of ketones is 1. The van der Waals surface area contributed by atoms with Gasteiger partial charge < -0.3 is 26.2 Å². The first-order valence-electron chi connectivity index (χ1n) is 19.2. The van der Waals surface area contributed by atoms with Crippen molar-refractivity contribution in [1.29, 1.82) is 0 Å². The Kier molecular flexibility index (Phi) is 18.1. The first-order valence-corrected chi connectivity index (χ1v) is 22.1. The normalized spacial score (nSPS) is 19.3. The van der Waals surface area contributed by atoms with Gasteiger partial charge in [-0.3, -0.25) is 19.2 Å². The van der Waals surface area contributed by atoms with Crippen molar-refractivity contribution in [3.05, 3.63) is 0 Å². The lowest BCUT2D eigenvalue weighted by molar-refractivity contribution is -0.142. The summed E-state index contributed by atoms with van der Waals surface area (Å²) in [5, 5.41) is 11.4. The second-order valence-electron chi connectivity index (χ2n) is 16.2. The Bertz CT molecular complexity index is 1290. The number of Topliss-reactive ketones (excluding diaryl/α,β-unsaturated/α-hetero) is 1. The molecule has 0 spiro atoms. The predicted molar refractivity (Wildman–Crippen MR) is 210 cm³/mol. The molecule has 14 heteroatoms. The molecule has 0 bridgehead atoms. The van der Waals surface area contributed by atoms with Crippen LogP contribution in [-0.2, 0) is 29.0 Å². The van der Waals surface area contributed by atoms with Crippen LogP contribution in [0.25, 0.3) is 0 Å². The molecule has 2 aliphatic carbocycles. The van der Waals surface area contributed by atoms with Gasteiger partial charge >= 0.3 is 6.03 Å². The van der Waals surface area contributed by atoms with Crippen LogP contribution in [-0.4, -0.2) is 88.1 Å². The van der Waals surface area contributed by atoms with Crippen LogP contribution in [0.1, 0.15) is 139 Å².